The van der Waals surface area contributed by atoms with E-state index in [1.54, 1.807) is 0 Å². The van der Waals surface area contributed by atoms with Gasteiger partial charge in [-0.3, -0.25) is 9.36 Å². The standard InChI is InChI=1S/C53H100NO7P/c1-6-8-10-12-14-16-18-20-22-24-25-26-27-28-29-30-32-34-36-38-40-42-44-46-53(55)61-52(51-60-62(56,57)59-49-47-54(3,4)5)50-58-48-45-43-41-39-37-35-33-31-23-21-19-17-15-13-11-9-7-2/h18,20,23-25,27-28,31,52H,6-17,19,21-22,26,29-30,32-51H2,1-5H3/b20-18-,25-24-,28-27-,31-23-. The second-order valence-electron chi connectivity index (χ2n) is 18.5. The molecule has 0 aliphatic heterocycles. The molecular weight excluding hydrogens is 794 g/mol. The lowest BCUT2D eigenvalue weighted by molar-refractivity contribution is -0.870. The van der Waals surface area contributed by atoms with E-state index in [2.05, 4.69) is 62.5 Å². The van der Waals surface area contributed by atoms with Crippen LogP contribution in [0.4, 0.5) is 0 Å². The fourth-order valence-electron chi connectivity index (χ4n) is 7.08. The molecule has 364 valence electrons. The van der Waals surface area contributed by atoms with Gasteiger partial charge in [0.15, 0.2) is 0 Å². The Morgan fingerprint density at radius 2 is 0.887 bits per heavy atom. The Bertz CT molecular complexity index is 1130. The molecule has 0 bridgehead atoms. The van der Waals surface area contributed by atoms with E-state index >= 15 is 0 Å². The summed E-state index contributed by atoms with van der Waals surface area (Å²) in [4.78, 5) is 25.2. The number of rotatable bonds is 48. The normalized spacial score (nSPS) is 14.0. The maximum absolute atomic E-state index is 12.7. The van der Waals surface area contributed by atoms with Crippen LogP contribution in [-0.2, 0) is 27.9 Å². The van der Waals surface area contributed by atoms with Crippen molar-refractivity contribution in [1.29, 1.82) is 0 Å². The Morgan fingerprint density at radius 3 is 1.34 bits per heavy atom. The highest BCUT2D eigenvalue weighted by Crippen LogP contribution is 2.38. The zero-order valence-corrected chi connectivity index (χ0v) is 42.2. The summed E-state index contributed by atoms with van der Waals surface area (Å²) in [6, 6.07) is 0. The predicted molar refractivity (Wildman–Crippen MR) is 263 cm³/mol. The molecule has 8 nitrogen and oxygen atoms in total. The molecule has 0 saturated heterocycles. The van der Waals surface area contributed by atoms with Crippen LogP contribution in [0.15, 0.2) is 48.6 Å². The van der Waals surface area contributed by atoms with Gasteiger partial charge in [-0.15, -0.1) is 0 Å². The van der Waals surface area contributed by atoms with E-state index in [4.69, 9.17) is 18.5 Å². The van der Waals surface area contributed by atoms with E-state index < -0.39 is 13.9 Å². The predicted octanol–water partition coefficient (Wildman–Crippen LogP) is 15.3. The molecule has 0 aliphatic carbocycles. The van der Waals surface area contributed by atoms with Gasteiger partial charge >= 0.3 is 5.97 Å². The first kappa shape index (κ1) is 60.5. The van der Waals surface area contributed by atoms with Gasteiger partial charge in [0.2, 0.25) is 0 Å². The third-order valence-corrected chi connectivity index (χ3v) is 12.1. The average Bonchev–Trinajstić information content (AvgIpc) is 3.23. The number of likely N-dealkylation sites (N-methyl/N-ethyl adjacent to an activating group) is 1. The second-order valence-corrected chi connectivity index (χ2v) is 19.9. The molecule has 2 atom stereocenters. The number of quaternary nitrogens is 1. The summed E-state index contributed by atoms with van der Waals surface area (Å²) in [7, 11) is 1.35. The van der Waals surface area contributed by atoms with Crippen LogP contribution in [0.3, 0.4) is 0 Å². The molecule has 0 N–H and O–H groups in total. The number of hydrogen-bond donors (Lipinski definition) is 0. The maximum atomic E-state index is 12.7. The SMILES string of the molecule is CCCCCCC/C=C\C/C=C\C/C=C\CCCCCCCCCCC(=O)OC(COCCCCCCCC/C=C\CCCCCCCCC)COP(=O)([O-])OCC[N+](C)(C)C. The third kappa shape index (κ3) is 49.5. The van der Waals surface area contributed by atoms with Crippen molar-refractivity contribution in [2.24, 2.45) is 0 Å². The summed E-state index contributed by atoms with van der Waals surface area (Å²) in [5, 5.41) is 0. The van der Waals surface area contributed by atoms with Crippen molar-refractivity contribution >= 4 is 13.8 Å². The Labute approximate surface area is 384 Å². The van der Waals surface area contributed by atoms with Gasteiger partial charge in [-0.05, 0) is 77.0 Å². The molecule has 0 aromatic rings. The summed E-state index contributed by atoms with van der Waals surface area (Å²) in [5.41, 5.74) is 0. The molecule has 9 heteroatoms. The first-order valence-electron chi connectivity index (χ1n) is 25.9. The van der Waals surface area contributed by atoms with E-state index in [-0.39, 0.29) is 25.8 Å². The van der Waals surface area contributed by atoms with Crippen molar-refractivity contribution in [3.63, 3.8) is 0 Å². The van der Waals surface area contributed by atoms with Crippen LogP contribution in [0.25, 0.3) is 0 Å². The first-order valence-corrected chi connectivity index (χ1v) is 27.3. The summed E-state index contributed by atoms with van der Waals surface area (Å²) in [6.45, 7) is 5.39. The zero-order valence-electron chi connectivity index (χ0n) is 41.3. The van der Waals surface area contributed by atoms with Crippen molar-refractivity contribution in [3.8, 4) is 0 Å². The topological polar surface area (TPSA) is 94.1 Å². The summed E-state index contributed by atoms with van der Waals surface area (Å²) < 4.78 is 34.7. The Morgan fingerprint density at radius 1 is 0.500 bits per heavy atom. The van der Waals surface area contributed by atoms with Gasteiger partial charge in [0.1, 0.15) is 19.3 Å². The molecular formula is C53H100NO7P. The highest BCUT2D eigenvalue weighted by atomic mass is 31.2. The quantitative estimate of drug-likeness (QED) is 0.0197. The lowest BCUT2D eigenvalue weighted by Gasteiger charge is -2.28. The molecule has 62 heavy (non-hydrogen) atoms. The van der Waals surface area contributed by atoms with E-state index in [1.165, 1.54) is 154 Å². The molecule has 0 rings (SSSR count). The molecule has 0 fully saturated rings. The van der Waals surface area contributed by atoms with Crippen molar-refractivity contribution in [2.45, 2.75) is 232 Å². The summed E-state index contributed by atoms with van der Waals surface area (Å²) >= 11 is 0. The van der Waals surface area contributed by atoms with Crippen molar-refractivity contribution in [1.82, 2.24) is 0 Å². The fourth-order valence-corrected chi connectivity index (χ4v) is 7.81. The molecule has 0 aromatic heterocycles. The molecule has 0 amide bonds. The number of phosphoric ester groups is 1. The van der Waals surface area contributed by atoms with Gasteiger partial charge < -0.3 is 27.9 Å². The number of phosphoric acid groups is 1. The molecule has 0 aromatic carbocycles. The number of allylic oxidation sites excluding steroid dienone is 8. The third-order valence-electron chi connectivity index (χ3n) is 11.1. The lowest BCUT2D eigenvalue weighted by atomic mass is 10.1. The number of unbranched alkanes of at least 4 members (excludes halogenated alkanes) is 26. The minimum absolute atomic E-state index is 0.0224. The van der Waals surface area contributed by atoms with E-state index in [1.807, 2.05) is 21.1 Å². The van der Waals surface area contributed by atoms with Gasteiger partial charge in [0.25, 0.3) is 7.82 Å². The molecule has 2 unspecified atom stereocenters. The second kappa shape index (κ2) is 46.0. The van der Waals surface area contributed by atoms with Crippen molar-refractivity contribution < 1.29 is 37.3 Å². The average molecular weight is 894 g/mol. The van der Waals surface area contributed by atoms with Crippen molar-refractivity contribution in [2.75, 3.05) is 54.1 Å². The van der Waals surface area contributed by atoms with Crippen LogP contribution in [-0.4, -0.2) is 70.7 Å². The van der Waals surface area contributed by atoms with E-state index in [9.17, 15) is 14.3 Å². The maximum Gasteiger partial charge on any atom is 0.306 e. The number of nitrogens with zero attached hydrogens (tertiary/aromatic N) is 1. The number of ether oxygens (including phenoxy) is 2. The minimum atomic E-state index is -4.53. The Kier molecular flexibility index (Phi) is 44.9. The fraction of sp³-hybridized carbons (Fsp3) is 0.830. The van der Waals surface area contributed by atoms with Gasteiger partial charge in [-0.1, -0.05) is 191 Å². The molecule has 0 spiro atoms. The monoisotopic (exact) mass is 894 g/mol. The highest BCUT2D eigenvalue weighted by molar-refractivity contribution is 7.45. The van der Waals surface area contributed by atoms with Gasteiger partial charge in [0, 0.05) is 13.0 Å². The molecule has 0 heterocycles. The Balaban J connectivity index is 4.17. The van der Waals surface area contributed by atoms with Crippen molar-refractivity contribution in [3.05, 3.63) is 48.6 Å². The van der Waals surface area contributed by atoms with Crippen LogP contribution in [0.2, 0.25) is 0 Å². The largest absolute Gasteiger partial charge is 0.756 e. The highest BCUT2D eigenvalue weighted by Gasteiger charge is 2.20. The van der Waals surface area contributed by atoms with Crippen LogP contribution in [0, 0.1) is 0 Å². The van der Waals surface area contributed by atoms with Gasteiger partial charge in [-0.25, -0.2) is 0 Å². The van der Waals surface area contributed by atoms with Crippen LogP contribution < -0.4 is 4.89 Å². The minimum Gasteiger partial charge on any atom is -0.756 e. The molecule has 0 aliphatic rings. The Hall–Kier alpha value is -1.54. The molecule has 0 saturated carbocycles. The van der Waals surface area contributed by atoms with E-state index in [0.717, 1.165) is 51.4 Å². The number of carbonyl (C=O) groups excluding carboxylic acids is 1. The summed E-state index contributed by atoms with van der Waals surface area (Å²) in [5.74, 6) is -0.342. The smallest absolute Gasteiger partial charge is 0.306 e. The first-order chi connectivity index (χ1) is 30.1. The lowest BCUT2D eigenvalue weighted by Crippen LogP contribution is -2.37. The zero-order chi connectivity index (χ0) is 45.5. The number of carbonyl (C=O) groups is 1. The van der Waals surface area contributed by atoms with Crippen LogP contribution >= 0.6 is 7.82 Å². The molecule has 0 radical (unpaired) electrons. The van der Waals surface area contributed by atoms with Crippen LogP contribution in [0.5, 0.6) is 0 Å². The van der Waals surface area contributed by atoms with Crippen LogP contribution in [0.1, 0.15) is 226 Å². The van der Waals surface area contributed by atoms with Gasteiger partial charge in [0.05, 0.1) is 34.4 Å². The summed E-state index contributed by atoms with van der Waals surface area (Å²) in [6.07, 6.45) is 57.0. The number of hydrogen-bond acceptors (Lipinski definition) is 7. The number of esters is 1. The van der Waals surface area contributed by atoms with E-state index in [0.29, 0.717) is 24.1 Å². The van der Waals surface area contributed by atoms with Gasteiger partial charge in [-0.2, -0.15) is 0 Å².